The minimum absolute atomic E-state index is 0.187. The monoisotopic (exact) mass is 205 g/mol. The zero-order valence-electron chi connectivity index (χ0n) is 8.16. The van der Waals surface area contributed by atoms with E-state index < -0.39 is 0 Å². The molecule has 0 fully saturated rings. The standard InChI is InChI=1S/C11H11NO3/c1-2-11(13)12-6-8-3-4-9-10(5-8)15-7-14-9/h2-5H,1,6-7H2,(H,12,13). The molecule has 1 aromatic rings. The summed E-state index contributed by atoms with van der Waals surface area (Å²) in [5, 5.41) is 2.69. The highest BCUT2D eigenvalue weighted by Gasteiger charge is 2.12. The summed E-state index contributed by atoms with van der Waals surface area (Å²) in [6.07, 6.45) is 1.24. The van der Waals surface area contributed by atoms with Crippen LogP contribution in [-0.2, 0) is 11.3 Å². The van der Waals surface area contributed by atoms with Crippen molar-refractivity contribution in [3.63, 3.8) is 0 Å². The maximum Gasteiger partial charge on any atom is 0.243 e. The Morgan fingerprint density at radius 1 is 1.47 bits per heavy atom. The van der Waals surface area contributed by atoms with Crippen molar-refractivity contribution in [3.8, 4) is 11.5 Å². The maximum absolute atomic E-state index is 10.9. The van der Waals surface area contributed by atoms with E-state index in [-0.39, 0.29) is 12.7 Å². The highest BCUT2D eigenvalue weighted by Crippen LogP contribution is 2.32. The largest absolute Gasteiger partial charge is 0.454 e. The number of carbonyl (C=O) groups excluding carboxylic acids is 1. The van der Waals surface area contributed by atoms with Gasteiger partial charge in [0.1, 0.15) is 0 Å². The van der Waals surface area contributed by atoms with Crippen LogP contribution < -0.4 is 14.8 Å². The van der Waals surface area contributed by atoms with E-state index in [1.54, 1.807) is 0 Å². The van der Waals surface area contributed by atoms with Crippen molar-refractivity contribution in [2.45, 2.75) is 6.54 Å². The Bertz CT molecular complexity index is 401. The fourth-order valence-corrected chi connectivity index (χ4v) is 1.31. The molecule has 0 saturated heterocycles. The van der Waals surface area contributed by atoms with E-state index in [1.165, 1.54) is 6.08 Å². The summed E-state index contributed by atoms with van der Waals surface area (Å²) >= 11 is 0. The Hall–Kier alpha value is -1.97. The number of benzene rings is 1. The molecule has 0 saturated carbocycles. The van der Waals surface area contributed by atoms with Crippen LogP contribution in [0.1, 0.15) is 5.56 Å². The molecule has 0 radical (unpaired) electrons. The lowest BCUT2D eigenvalue weighted by Gasteiger charge is -2.03. The molecule has 1 aliphatic heterocycles. The van der Waals surface area contributed by atoms with E-state index in [0.717, 1.165) is 17.1 Å². The van der Waals surface area contributed by atoms with E-state index in [4.69, 9.17) is 9.47 Å². The van der Waals surface area contributed by atoms with Crippen LogP contribution in [0.4, 0.5) is 0 Å². The minimum Gasteiger partial charge on any atom is -0.454 e. The van der Waals surface area contributed by atoms with E-state index >= 15 is 0 Å². The average molecular weight is 205 g/mol. The lowest BCUT2D eigenvalue weighted by molar-refractivity contribution is -0.116. The summed E-state index contributed by atoms with van der Waals surface area (Å²) in [6.45, 7) is 4.10. The van der Waals surface area contributed by atoms with Gasteiger partial charge in [-0.05, 0) is 23.8 Å². The van der Waals surface area contributed by atoms with Gasteiger partial charge in [-0.2, -0.15) is 0 Å². The fourth-order valence-electron chi connectivity index (χ4n) is 1.31. The predicted octanol–water partition coefficient (Wildman–Crippen LogP) is 1.22. The van der Waals surface area contributed by atoms with Crippen LogP contribution in [0.15, 0.2) is 30.9 Å². The number of hydrogen-bond acceptors (Lipinski definition) is 3. The Morgan fingerprint density at radius 2 is 2.27 bits per heavy atom. The number of nitrogens with one attached hydrogen (secondary N) is 1. The molecular weight excluding hydrogens is 194 g/mol. The number of amides is 1. The molecular formula is C11H11NO3. The lowest BCUT2D eigenvalue weighted by atomic mass is 10.2. The smallest absolute Gasteiger partial charge is 0.243 e. The molecule has 0 bridgehead atoms. The molecule has 78 valence electrons. The Kier molecular flexibility index (Phi) is 2.58. The van der Waals surface area contributed by atoms with Crippen molar-refractivity contribution in [1.82, 2.24) is 5.32 Å². The first-order valence-electron chi connectivity index (χ1n) is 4.58. The zero-order valence-corrected chi connectivity index (χ0v) is 8.16. The fraction of sp³-hybridized carbons (Fsp3) is 0.182. The maximum atomic E-state index is 10.9. The SMILES string of the molecule is C=CC(=O)NCc1ccc2c(c1)OCO2. The van der Waals surface area contributed by atoms with Crippen LogP contribution in [0, 0.1) is 0 Å². The van der Waals surface area contributed by atoms with E-state index in [0.29, 0.717) is 6.54 Å². The van der Waals surface area contributed by atoms with Crippen LogP contribution >= 0.6 is 0 Å². The Labute approximate surface area is 87.5 Å². The molecule has 0 spiro atoms. The summed E-state index contributed by atoms with van der Waals surface area (Å²) < 4.78 is 10.4. The van der Waals surface area contributed by atoms with Crippen LogP contribution in [0.2, 0.25) is 0 Å². The van der Waals surface area contributed by atoms with Gasteiger partial charge in [-0.1, -0.05) is 12.6 Å². The van der Waals surface area contributed by atoms with Gasteiger partial charge in [0.15, 0.2) is 11.5 Å². The first-order valence-corrected chi connectivity index (χ1v) is 4.58. The molecule has 0 unspecified atom stereocenters. The molecule has 2 rings (SSSR count). The first kappa shape index (κ1) is 9.58. The molecule has 0 atom stereocenters. The molecule has 1 heterocycles. The second-order valence-electron chi connectivity index (χ2n) is 3.11. The number of ether oxygens (including phenoxy) is 2. The summed E-state index contributed by atoms with van der Waals surface area (Å²) in [7, 11) is 0. The van der Waals surface area contributed by atoms with Gasteiger partial charge >= 0.3 is 0 Å². The van der Waals surface area contributed by atoms with Crippen molar-refractivity contribution < 1.29 is 14.3 Å². The van der Waals surface area contributed by atoms with Crippen molar-refractivity contribution in [2.75, 3.05) is 6.79 Å². The normalized spacial score (nSPS) is 12.3. The zero-order chi connectivity index (χ0) is 10.7. The van der Waals surface area contributed by atoms with Gasteiger partial charge in [0, 0.05) is 6.54 Å². The van der Waals surface area contributed by atoms with Gasteiger partial charge in [0.25, 0.3) is 0 Å². The third-order valence-corrected chi connectivity index (χ3v) is 2.09. The first-order chi connectivity index (χ1) is 7.29. The van der Waals surface area contributed by atoms with E-state index in [9.17, 15) is 4.79 Å². The van der Waals surface area contributed by atoms with E-state index in [2.05, 4.69) is 11.9 Å². The van der Waals surface area contributed by atoms with Crippen LogP contribution in [0.5, 0.6) is 11.5 Å². The summed E-state index contributed by atoms with van der Waals surface area (Å²) in [4.78, 5) is 10.9. The average Bonchev–Trinajstić information content (AvgIpc) is 2.72. The van der Waals surface area contributed by atoms with Gasteiger partial charge in [0.2, 0.25) is 12.7 Å². The van der Waals surface area contributed by atoms with E-state index in [1.807, 2.05) is 18.2 Å². The number of rotatable bonds is 3. The van der Waals surface area contributed by atoms with Gasteiger partial charge in [-0.3, -0.25) is 4.79 Å². The van der Waals surface area contributed by atoms with Crippen LogP contribution in [0.3, 0.4) is 0 Å². The van der Waals surface area contributed by atoms with Gasteiger partial charge < -0.3 is 14.8 Å². The molecule has 4 heteroatoms. The molecule has 1 aliphatic rings. The minimum atomic E-state index is -0.187. The van der Waals surface area contributed by atoms with Crippen molar-refractivity contribution in [3.05, 3.63) is 36.4 Å². The Morgan fingerprint density at radius 3 is 3.07 bits per heavy atom. The van der Waals surface area contributed by atoms with Crippen molar-refractivity contribution in [2.24, 2.45) is 0 Å². The van der Waals surface area contributed by atoms with Crippen LogP contribution in [0.25, 0.3) is 0 Å². The van der Waals surface area contributed by atoms with Crippen molar-refractivity contribution >= 4 is 5.91 Å². The number of hydrogen-bond donors (Lipinski definition) is 1. The highest BCUT2D eigenvalue weighted by atomic mass is 16.7. The topological polar surface area (TPSA) is 47.6 Å². The quantitative estimate of drug-likeness (QED) is 0.755. The molecule has 15 heavy (non-hydrogen) atoms. The summed E-state index contributed by atoms with van der Waals surface area (Å²) in [5.41, 5.74) is 0.967. The molecule has 0 aromatic heterocycles. The van der Waals surface area contributed by atoms with Crippen molar-refractivity contribution in [1.29, 1.82) is 0 Å². The van der Waals surface area contributed by atoms with Gasteiger partial charge in [0.05, 0.1) is 0 Å². The third kappa shape index (κ3) is 2.10. The third-order valence-electron chi connectivity index (χ3n) is 2.09. The number of fused-ring (bicyclic) bond motifs is 1. The number of carbonyl (C=O) groups is 1. The predicted molar refractivity (Wildman–Crippen MR) is 54.6 cm³/mol. The highest BCUT2D eigenvalue weighted by molar-refractivity contribution is 5.86. The van der Waals surface area contributed by atoms with Gasteiger partial charge in [-0.15, -0.1) is 0 Å². The lowest BCUT2D eigenvalue weighted by Crippen LogP contribution is -2.19. The molecule has 1 N–H and O–H groups in total. The Balaban J connectivity index is 2.04. The molecule has 1 amide bonds. The second-order valence-corrected chi connectivity index (χ2v) is 3.11. The molecule has 4 nitrogen and oxygen atoms in total. The summed E-state index contributed by atoms with van der Waals surface area (Å²) in [6, 6.07) is 5.57. The van der Waals surface area contributed by atoms with Gasteiger partial charge in [-0.25, -0.2) is 0 Å². The second kappa shape index (κ2) is 4.04. The van der Waals surface area contributed by atoms with Crippen LogP contribution in [-0.4, -0.2) is 12.7 Å². The summed E-state index contributed by atoms with van der Waals surface area (Å²) in [5.74, 6) is 1.28. The molecule has 0 aliphatic carbocycles. The molecule has 1 aromatic carbocycles.